The van der Waals surface area contributed by atoms with E-state index in [0.29, 0.717) is 6.42 Å². The molecule has 0 unspecified atom stereocenters. The van der Waals surface area contributed by atoms with Crippen LogP contribution in [0.5, 0.6) is 0 Å². The van der Waals surface area contributed by atoms with Gasteiger partial charge in [-0.2, -0.15) is 0 Å². The largest absolute Gasteiger partial charge is 0.241 e. The van der Waals surface area contributed by atoms with E-state index in [2.05, 4.69) is 4.72 Å². The Bertz CT molecular complexity index is 858. The molecule has 0 spiro atoms. The van der Waals surface area contributed by atoms with Gasteiger partial charge in [0.15, 0.2) is 9.84 Å². The third-order valence-electron chi connectivity index (χ3n) is 3.47. The Morgan fingerprint density at radius 3 is 1.91 bits per heavy atom. The summed E-state index contributed by atoms with van der Waals surface area (Å²) in [4.78, 5) is 0.410. The normalized spacial score (nSPS) is 13.7. The molecular formula is C16H19NO4S2. The molecule has 0 aromatic heterocycles. The summed E-state index contributed by atoms with van der Waals surface area (Å²) in [6, 6.07) is 14.0. The predicted octanol–water partition coefficient (Wildman–Crippen LogP) is 2.52. The average molecular weight is 353 g/mol. The van der Waals surface area contributed by atoms with Gasteiger partial charge in [0.25, 0.3) is 0 Å². The molecular weight excluding hydrogens is 334 g/mol. The second kappa shape index (κ2) is 6.82. The van der Waals surface area contributed by atoms with Gasteiger partial charge in [0.2, 0.25) is 10.0 Å². The first-order valence-electron chi connectivity index (χ1n) is 7.11. The van der Waals surface area contributed by atoms with E-state index in [1.807, 2.05) is 6.92 Å². The third-order valence-corrected chi connectivity index (χ3v) is 6.09. The Balaban J connectivity index is 2.27. The summed E-state index contributed by atoms with van der Waals surface area (Å²) in [7, 11) is -6.90. The van der Waals surface area contributed by atoms with E-state index < -0.39 is 25.9 Å². The van der Waals surface area contributed by atoms with Crippen molar-refractivity contribution < 1.29 is 16.8 Å². The third kappa shape index (κ3) is 4.40. The van der Waals surface area contributed by atoms with E-state index in [-0.39, 0.29) is 9.79 Å². The van der Waals surface area contributed by atoms with Crippen LogP contribution in [-0.4, -0.2) is 23.1 Å². The van der Waals surface area contributed by atoms with E-state index in [0.717, 1.165) is 11.8 Å². The molecule has 0 saturated heterocycles. The minimum absolute atomic E-state index is 0.200. The molecule has 5 nitrogen and oxygen atoms in total. The molecule has 0 amide bonds. The van der Waals surface area contributed by atoms with Gasteiger partial charge in [-0.25, -0.2) is 21.6 Å². The fraction of sp³-hybridized carbons (Fsp3) is 0.250. The standard InChI is InChI=1S/C16H19NO4S2/c1-3-16(13-9-11-14(12-10-13)22(2,18)19)17-23(20,21)15-7-5-4-6-8-15/h4-12,16-17H,3H2,1-2H3/t16-/m1/s1. The predicted molar refractivity (Wildman–Crippen MR) is 89.3 cm³/mol. The fourth-order valence-electron chi connectivity index (χ4n) is 2.19. The van der Waals surface area contributed by atoms with Crippen LogP contribution in [0.3, 0.4) is 0 Å². The van der Waals surface area contributed by atoms with Crippen LogP contribution < -0.4 is 4.72 Å². The van der Waals surface area contributed by atoms with E-state index in [9.17, 15) is 16.8 Å². The van der Waals surface area contributed by atoms with Crippen molar-refractivity contribution in [1.29, 1.82) is 0 Å². The van der Waals surface area contributed by atoms with Crippen LogP contribution in [0.25, 0.3) is 0 Å². The van der Waals surface area contributed by atoms with Crippen LogP contribution >= 0.6 is 0 Å². The van der Waals surface area contributed by atoms with Gasteiger partial charge in [-0.1, -0.05) is 37.3 Å². The van der Waals surface area contributed by atoms with E-state index in [1.54, 1.807) is 30.3 Å². The van der Waals surface area contributed by atoms with Crippen LogP contribution in [-0.2, 0) is 19.9 Å². The molecule has 2 rings (SSSR count). The smallest absolute Gasteiger partial charge is 0.224 e. The highest BCUT2D eigenvalue weighted by molar-refractivity contribution is 7.90. The van der Waals surface area contributed by atoms with Crippen molar-refractivity contribution >= 4 is 19.9 Å². The summed E-state index contributed by atoms with van der Waals surface area (Å²) in [5.41, 5.74) is 0.722. The van der Waals surface area contributed by atoms with E-state index in [1.165, 1.54) is 24.3 Å². The van der Waals surface area contributed by atoms with E-state index >= 15 is 0 Å². The molecule has 2 aromatic rings. The van der Waals surface area contributed by atoms with Crippen LogP contribution in [0.15, 0.2) is 64.4 Å². The number of benzene rings is 2. The summed E-state index contributed by atoms with van der Waals surface area (Å²) in [5.74, 6) is 0. The van der Waals surface area contributed by atoms with Gasteiger partial charge in [0, 0.05) is 12.3 Å². The Labute approximate surface area is 137 Å². The number of rotatable bonds is 6. The summed E-state index contributed by atoms with van der Waals surface area (Å²) >= 11 is 0. The van der Waals surface area contributed by atoms with E-state index in [4.69, 9.17) is 0 Å². The monoisotopic (exact) mass is 353 g/mol. The molecule has 1 atom stereocenters. The molecule has 0 heterocycles. The molecule has 0 saturated carbocycles. The highest BCUT2D eigenvalue weighted by atomic mass is 32.2. The maximum atomic E-state index is 12.4. The lowest BCUT2D eigenvalue weighted by Crippen LogP contribution is -2.28. The van der Waals surface area contributed by atoms with Crippen molar-refractivity contribution in [2.45, 2.75) is 29.2 Å². The Hall–Kier alpha value is -1.70. The van der Waals surface area contributed by atoms with Gasteiger partial charge in [-0.05, 0) is 36.2 Å². The topological polar surface area (TPSA) is 80.3 Å². The molecule has 0 fully saturated rings. The van der Waals surface area contributed by atoms with Crippen molar-refractivity contribution in [3.05, 3.63) is 60.2 Å². The zero-order valence-electron chi connectivity index (χ0n) is 12.9. The van der Waals surface area contributed by atoms with Crippen molar-refractivity contribution in [1.82, 2.24) is 4.72 Å². The summed E-state index contributed by atoms with van der Waals surface area (Å²) < 4.78 is 50.4. The maximum Gasteiger partial charge on any atom is 0.241 e. The number of sulfonamides is 1. The molecule has 7 heteroatoms. The summed E-state index contributed by atoms with van der Waals surface area (Å²) in [6.07, 6.45) is 1.68. The highest BCUT2D eigenvalue weighted by Crippen LogP contribution is 2.21. The maximum absolute atomic E-state index is 12.4. The van der Waals surface area contributed by atoms with Gasteiger partial charge in [0.1, 0.15) is 0 Å². The van der Waals surface area contributed by atoms with Crippen molar-refractivity contribution in [2.24, 2.45) is 0 Å². The van der Waals surface area contributed by atoms with Crippen LogP contribution in [0, 0.1) is 0 Å². The zero-order chi connectivity index (χ0) is 17.1. The zero-order valence-corrected chi connectivity index (χ0v) is 14.6. The van der Waals surface area contributed by atoms with Gasteiger partial charge in [-0.15, -0.1) is 0 Å². The Morgan fingerprint density at radius 1 is 0.870 bits per heavy atom. The lowest BCUT2D eigenvalue weighted by atomic mass is 10.1. The first-order chi connectivity index (χ1) is 10.7. The molecule has 0 aliphatic heterocycles. The van der Waals surface area contributed by atoms with Crippen molar-refractivity contribution in [2.75, 3.05) is 6.26 Å². The number of sulfone groups is 1. The molecule has 0 radical (unpaired) electrons. The average Bonchev–Trinajstić information content (AvgIpc) is 2.53. The lowest BCUT2D eigenvalue weighted by molar-refractivity contribution is 0.549. The number of nitrogens with one attached hydrogen (secondary N) is 1. The Kier molecular flexibility index (Phi) is 5.23. The van der Waals surface area contributed by atoms with Crippen LogP contribution in [0.1, 0.15) is 24.9 Å². The highest BCUT2D eigenvalue weighted by Gasteiger charge is 2.20. The molecule has 23 heavy (non-hydrogen) atoms. The first-order valence-corrected chi connectivity index (χ1v) is 10.5. The lowest BCUT2D eigenvalue weighted by Gasteiger charge is -2.18. The van der Waals surface area contributed by atoms with Gasteiger partial charge >= 0.3 is 0 Å². The van der Waals surface area contributed by atoms with Crippen molar-refractivity contribution in [3.63, 3.8) is 0 Å². The van der Waals surface area contributed by atoms with Crippen LogP contribution in [0.4, 0.5) is 0 Å². The fourth-order valence-corrected chi connectivity index (χ4v) is 4.15. The molecule has 0 aliphatic rings. The molecule has 1 N–H and O–H groups in total. The minimum Gasteiger partial charge on any atom is -0.224 e. The Morgan fingerprint density at radius 2 is 1.43 bits per heavy atom. The molecule has 0 bridgehead atoms. The number of hydrogen-bond acceptors (Lipinski definition) is 4. The van der Waals surface area contributed by atoms with Gasteiger partial charge in [-0.3, -0.25) is 0 Å². The summed E-state index contributed by atoms with van der Waals surface area (Å²) in [5, 5.41) is 0. The second-order valence-corrected chi connectivity index (χ2v) is 8.97. The molecule has 2 aromatic carbocycles. The molecule has 0 aliphatic carbocycles. The quantitative estimate of drug-likeness (QED) is 0.865. The number of hydrogen-bond donors (Lipinski definition) is 1. The first kappa shape index (κ1) is 17.7. The second-order valence-electron chi connectivity index (χ2n) is 5.24. The van der Waals surface area contributed by atoms with Crippen LogP contribution in [0.2, 0.25) is 0 Å². The summed E-state index contributed by atoms with van der Waals surface area (Å²) in [6.45, 7) is 1.86. The van der Waals surface area contributed by atoms with Gasteiger partial charge in [0.05, 0.1) is 9.79 Å². The van der Waals surface area contributed by atoms with Gasteiger partial charge < -0.3 is 0 Å². The molecule has 124 valence electrons. The van der Waals surface area contributed by atoms with Crippen molar-refractivity contribution in [3.8, 4) is 0 Å². The SMILES string of the molecule is CC[C@@H](NS(=O)(=O)c1ccccc1)c1ccc(S(C)(=O)=O)cc1. The minimum atomic E-state index is -3.63.